The average Bonchev–Trinajstić information content (AvgIpc) is 3.25. The van der Waals surface area contributed by atoms with Gasteiger partial charge in [-0.25, -0.2) is 8.78 Å². The second-order valence-corrected chi connectivity index (χ2v) is 9.73. The van der Waals surface area contributed by atoms with E-state index in [0.29, 0.717) is 59.3 Å². The Hall–Kier alpha value is -3.26. The van der Waals surface area contributed by atoms with Gasteiger partial charge in [-0.05, 0) is 61.9 Å². The second kappa shape index (κ2) is 10.8. The molecule has 36 heavy (non-hydrogen) atoms. The molecule has 2 aromatic rings. The maximum atomic E-state index is 13.8. The van der Waals surface area contributed by atoms with Gasteiger partial charge < -0.3 is 20.9 Å². The molecule has 2 atom stereocenters. The monoisotopic (exact) mass is 514 g/mol. The Bertz CT molecular complexity index is 1230. The largest absolute Gasteiger partial charge is 0.387 e. The number of piperidine rings is 1. The molecule has 2 aliphatic rings. The molecule has 190 valence electrons. The number of carbonyl (C=O) groups excluding carboxylic acids is 2. The number of halogens is 3. The molecule has 4 rings (SSSR count). The van der Waals surface area contributed by atoms with E-state index in [0.717, 1.165) is 24.5 Å². The van der Waals surface area contributed by atoms with E-state index < -0.39 is 17.7 Å². The van der Waals surface area contributed by atoms with E-state index in [4.69, 9.17) is 17.0 Å². The summed E-state index contributed by atoms with van der Waals surface area (Å²) < 4.78 is 27.6. The van der Waals surface area contributed by atoms with Gasteiger partial charge in [0, 0.05) is 49.5 Å². The van der Waals surface area contributed by atoms with E-state index in [1.807, 2.05) is 6.07 Å². The zero-order chi connectivity index (χ0) is 26.0. The van der Waals surface area contributed by atoms with Gasteiger partial charge in [-0.3, -0.25) is 9.59 Å². The van der Waals surface area contributed by atoms with Crippen molar-refractivity contribution in [2.75, 3.05) is 20.1 Å². The quantitative estimate of drug-likeness (QED) is 0.528. The van der Waals surface area contributed by atoms with E-state index in [1.165, 1.54) is 12.1 Å². The van der Waals surface area contributed by atoms with Crippen LogP contribution in [0, 0.1) is 23.0 Å². The van der Waals surface area contributed by atoms with E-state index in [9.17, 15) is 18.4 Å². The molecule has 0 spiro atoms. The van der Waals surface area contributed by atoms with Gasteiger partial charge in [-0.1, -0.05) is 17.7 Å². The number of hydrogen-bond donors (Lipinski definition) is 3. The Morgan fingerprint density at radius 2 is 1.94 bits per heavy atom. The molecule has 2 heterocycles. The van der Waals surface area contributed by atoms with Crippen LogP contribution in [0.2, 0.25) is 5.02 Å². The third kappa shape index (κ3) is 5.43. The zero-order valence-electron chi connectivity index (χ0n) is 20.3. The second-order valence-electron chi connectivity index (χ2n) is 9.33. The first-order valence-electron chi connectivity index (χ1n) is 12.0. The number of carbonyl (C=O) groups is 2. The third-order valence-electron chi connectivity index (χ3n) is 6.94. The Kier molecular flexibility index (Phi) is 7.73. The lowest BCUT2D eigenvalue weighted by Crippen LogP contribution is -2.48. The first-order valence-corrected chi connectivity index (χ1v) is 12.4. The molecule has 0 aliphatic carbocycles. The molecular weight excluding hydrogens is 486 g/mol. The summed E-state index contributed by atoms with van der Waals surface area (Å²) >= 11 is 6.50. The van der Waals surface area contributed by atoms with Crippen LogP contribution in [0.15, 0.2) is 42.0 Å². The number of rotatable bonds is 6. The van der Waals surface area contributed by atoms with Crippen LogP contribution in [0.4, 0.5) is 8.78 Å². The fourth-order valence-electron chi connectivity index (χ4n) is 4.96. The Labute approximate surface area is 214 Å². The lowest BCUT2D eigenvalue weighted by molar-refractivity contribution is -0.119. The highest BCUT2D eigenvalue weighted by Crippen LogP contribution is 2.30. The van der Waals surface area contributed by atoms with Crippen LogP contribution in [0.5, 0.6) is 0 Å². The summed E-state index contributed by atoms with van der Waals surface area (Å²) in [4.78, 5) is 26.4. The molecule has 2 saturated heterocycles. The van der Waals surface area contributed by atoms with Crippen LogP contribution >= 0.6 is 11.6 Å². The van der Waals surface area contributed by atoms with Gasteiger partial charge in [-0.15, -0.1) is 0 Å². The molecule has 0 radical (unpaired) electrons. The molecule has 2 aliphatic heterocycles. The standard InChI is InChI=1S/C27H29ClF2N4O2/c1-15-25(31)22(26(32-2)18-11-19(29)13-20(30)12-18)7-8-34(15)27(36)21-6-5-16(9-23(21)28)3-4-17-10-24(35)33-14-17/h5-6,9,11-13,15,17,31-32H,3-4,7-8,10,14H2,1-2H3,(H,33,35)/b26-22-,31-25?/t15-,17?/m0/s1. The summed E-state index contributed by atoms with van der Waals surface area (Å²) in [6.45, 7) is 2.79. The minimum absolute atomic E-state index is 0.0862. The van der Waals surface area contributed by atoms with Crippen LogP contribution in [-0.2, 0) is 11.2 Å². The van der Waals surface area contributed by atoms with Gasteiger partial charge in [0.2, 0.25) is 5.91 Å². The van der Waals surface area contributed by atoms with Crippen LogP contribution in [0.3, 0.4) is 0 Å². The molecule has 2 aromatic carbocycles. The maximum absolute atomic E-state index is 13.8. The van der Waals surface area contributed by atoms with Crippen LogP contribution in [0.25, 0.3) is 5.70 Å². The summed E-state index contributed by atoms with van der Waals surface area (Å²) in [5.41, 5.74) is 2.97. The summed E-state index contributed by atoms with van der Waals surface area (Å²) in [5, 5.41) is 14.9. The Morgan fingerprint density at radius 1 is 1.22 bits per heavy atom. The smallest absolute Gasteiger partial charge is 0.255 e. The molecule has 1 unspecified atom stereocenters. The highest BCUT2D eigenvalue weighted by atomic mass is 35.5. The molecule has 0 bridgehead atoms. The fourth-order valence-corrected chi connectivity index (χ4v) is 5.24. The number of amides is 2. The molecule has 9 heteroatoms. The molecule has 2 fully saturated rings. The van der Waals surface area contributed by atoms with Crippen molar-refractivity contribution in [2.45, 2.75) is 38.6 Å². The minimum atomic E-state index is -0.697. The molecular formula is C27H29ClF2N4O2. The molecule has 0 aromatic heterocycles. The van der Waals surface area contributed by atoms with Gasteiger partial charge in [0.1, 0.15) is 11.6 Å². The van der Waals surface area contributed by atoms with Gasteiger partial charge in [0.05, 0.1) is 22.3 Å². The number of hydrogen-bond acceptors (Lipinski definition) is 4. The number of nitrogens with one attached hydrogen (secondary N) is 3. The van der Waals surface area contributed by atoms with Gasteiger partial charge >= 0.3 is 0 Å². The molecule has 3 N–H and O–H groups in total. The van der Waals surface area contributed by atoms with Crippen molar-refractivity contribution < 1.29 is 18.4 Å². The Morgan fingerprint density at radius 3 is 2.56 bits per heavy atom. The minimum Gasteiger partial charge on any atom is -0.387 e. The molecule has 2 amide bonds. The SMILES string of the molecule is CN/C(=C1/CCN(C(=O)c2ccc(CCC3CNC(=O)C3)cc2Cl)[C@@H](C)C1=N)c1cc(F)cc(F)c1. The van der Waals surface area contributed by atoms with Crippen molar-refractivity contribution in [3.8, 4) is 0 Å². The normalized spacial score (nSPS) is 21.4. The van der Waals surface area contributed by atoms with E-state index in [-0.39, 0.29) is 17.5 Å². The number of likely N-dealkylation sites (tertiary alicyclic amines) is 1. The van der Waals surface area contributed by atoms with Crippen LogP contribution in [-0.4, -0.2) is 48.6 Å². The summed E-state index contributed by atoms with van der Waals surface area (Å²) in [6.07, 6.45) is 2.52. The van der Waals surface area contributed by atoms with Crippen molar-refractivity contribution in [3.63, 3.8) is 0 Å². The number of benzene rings is 2. The predicted molar refractivity (Wildman–Crippen MR) is 136 cm³/mol. The average molecular weight is 515 g/mol. The van der Waals surface area contributed by atoms with E-state index >= 15 is 0 Å². The van der Waals surface area contributed by atoms with Crippen LogP contribution in [0.1, 0.15) is 47.7 Å². The maximum Gasteiger partial charge on any atom is 0.255 e. The zero-order valence-corrected chi connectivity index (χ0v) is 21.0. The van der Waals surface area contributed by atoms with Crippen molar-refractivity contribution in [1.29, 1.82) is 5.41 Å². The first-order chi connectivity index (χ1) is 17.2. The fraction of sp³-hybridized carbons (Fsp3) is 0.370. The van der Waals surface area contributed by atoms with Gasteiger partial charge in [-0.2, -0.15) is 0 Å². The lowest BCUT2D eigenvalue weighted by atomic mass is 9.90. The summed E-state index contributed by atoms with van der Waals surface area (Å²) in [5.74, 6) is -1.26. The highest BCUT2D eigenvalue weighted by Gasteiger charge is 2.33. The summed E-state index contributed by atoms with van der Waals surface area (Å²) in [6, 6.07) is 8.09. The van der Waals surface area contributed by atoms with Gasteiger partial charge in [0.25, 0.3) is 5.91 Å². The Balaban J connectivity index is 1.49. The van der Waals surface area contributed by atoms with E-state index in [2.05, 4.69) is 10.6 Å². The predicted octanol–water partition coefficient (Wildman–Crippen LogP) is 4.57. The third-order valence-corrected chi connectivity index (χ3v) is 7.26. The molecule has 0 saturated carbocycles. The van der Waals surface area contributed by atoms with Crippen molar-refractivity contribution in [2.24, 2.45) is 5.92 Å². The van der Waals surface area contributed by atoms with Crippen molar-refractivity contribution in [1.82, 2.24) is 15.5 Å². The first kappa shape index (κ1) is 25.8. The molecule has 6 nitrogen and oxygen atoms in total. The topological polar surface area (TPSA) is 85.3 Å². The van der Waals surface area contributed by atoms with Crippen molar-refractivity contribution >= 4 is 34.8 Å². The van der Waals surface area contributed by atoms with E-state index in [1.54, 1.807) is 31.0 Å². The number of aryl methyl sites for hydroxylation is 1. The van der Waals surface area contributed by atoms with Crippen molar-refractivity contribution in [3.05, 3.63) is 75.3 Å². The summed E-state index contributed by atoms with van der Waals surface area (Å²) in [7, 11) is 1.64. The van der Waals surface area contributed by atoms with Gasteiger partial charge in [0.15, 0.2) is 0 Å². The number of nitrogens with zero attached hydrogens (tertiary/aromatic N) is 1. The highest BCUT2D eigenvalue weighted by molar-refractivity contribution is 6.34. The lowest BCUT2D eigenvalue weighted by Gasteiger charge is -2.36. The van der Waals surface area contributed by atoms with Crippen LogP contribution < -0.4 is 10.6 Å².